The Morgan fingerprint density at radius 3 is 2.46 bits per heavy atom. The van der Waals surface area contributed by atoms with Gasteiger partial charge in [0.15, 0.2) is 0 Å². The number of nitrogens with zero attached hydrogens (tertiary/aromatic N) is 4. The van der Waals surface area contributed by atoms with Gasteiger partial charge in [0, 0.05) is 12.3 Å². The summed E-state index contributed by atoms with van der Waals surface area (Å²) in [6.07, 6.45) is 1.13. The van der Waals surface area contributed by atoms with Crippen molar-refractivity contribution in [3.8, 4) is 11.3 Å². The summed E-state index contributed by atoms with van der Waals surface area (Å²) in [5.41, 5.74) is 2.70. The Bertz CT molecular complexity index is 924. The van der Waals surface area contributed by atoms with E-state index in [1.54, 1.807) is 10.6 Å². The van der Waals surface area contributed by atoms with Crippen molar-refractivity contribution in [2.75, 3.05) is 0 Å². The summed E-state index contributed by atoms with van der Waals surface area (Å²) in [4.78, 5) is 12.0. The summed E-state index contributed by atoms with van der Waals surface area (Å²) >= 11 is 0. The van der Waals surface area contributed by atoms with Crippen molar-refractivity contribution in [1.29, 1.82) is 0 Å². The lowest BCUT2D eigenvalue weighted by molar-refractivity contribution is 0.122. The topological polar surface area (TPSA) is 72.4 Å². The zero-order valence-electron chi connectivity index (χ0n) is 14.3. The normalized spacial score (nSPS) is 13.1. The van der Waals surface area contributed by atoms with Gasteiger partial charge in [0.2, 0.25) is 0 Å². The molecule has 0 radical (unpaired) electrons. The average Bonchev–Trinajstić information content (AvgIpc) is 2.93. The van der Waals surface area contributed by atoms with E-state index in [0.29, 0.717) is 11.4 Å². The number of aliphatic hydroxyl groups is 1. The Kier molecular flexibility index (Phi) is 4.24. The second kappa shape index (κ2) is 6.20. The van der Waals surface area contributed by atoms with Crippen molar-refractivity contribution >= 4 is 5.52 Å². The Labute approximate surface area is 140 Å². The molecule has 1 atom stereocenters. The molecule has 24 heavy (non-hydrogen) atoms. The maximum Gasteiger partial charge on any atom is 0.267 e. The average molecular weight is 326 g/mol. The van der Waals surface area contributed by atoms with Gasteiger partial charge in [-0.05, 0) is 38.0 Å². The maximum atomic E-state index is 12.0. The van der Waals surface area contributed by atoms with E-state index in [9.17, 15) is 9.90 Å². The molecule has 3 rings (SSSR count). The fourth-order valence-electron chi connectivity index (χ4n) is 2.73. The monoisotopic (exact) mass is 326 g/mol. The minimum atomic E-state index is -0.707. The number of hydrogen-bond donors (Lipinski definition) is 1. The summed E-state index contributed by atoms with van der Waals surface area (Å²) in [5.74, 6) is 0.0182. The van der Waals surface area contributed by atoms with Gasteiger partial charge in [-0.25, -0.2) is 9.20 Å². The van der Waals surface area contributed by atoms with Crippen molar-refractivity contribution in [2.24, 2.45) is 5.92 Å². The van der Waals surface area contributed by atoms with Crippen LogP contribution in [0, 0.1) is 5.92 Å². The fraction of sp³-hybridized carbons (Fsp3) is 0.389. The minimum Gasteiger partial charge on any atom is -0.386 e. The molecule has 3 aromatic heterocycles. The highest BCUT2D eigenvalue weighted by atomic mass is 16.3. The zero-order valence-corrected chi connectivity index (χ0v) is 14.3. The first-order chi connectivity index (χ1) is 11.4. The number of aromatic nitrogens is 4. The molecule has 0 aliphatic carbocycles. The Morgan fingerprint density at radius 1 is 1.04 bits per heavy atom. The molecule has 0 saturated heterocycles. The third kappa shape index (κ3) is 2.73. The van der Waals surface area contributed by atoms with Crippen molar-refractivity contribution < 1.29 is 5.11 Å². The summed E-state index contributed by atoms with van der Waals surface area (Å²) in [6, 6.07) is 8.91. The predicted octanol–water partition coefficient (Wildman–Crippen LogP) is 2.83. The fourth-order valence-corrected chi connectivity index (χ4v) is 2.73. The number of pyridine rings is 1. The lowest BCUT2D eigenvalue weighted by atomic mass is 9.99. The molecule has 1 N–H and O–H groups in total. The van der Waals surface area contributed by atoms with Crippen LogP contribution in [0.2, 0.25) is 0 Å². The van der Waals surface area contributed by atoms with Crippen LogP contribution in [0.4, 0.5) is 0 Å². The highest BCUT2D eigenvalue weighted by Crippen LogP contribution is 2.33. The number of aliphatic hydroxyl groups excluding tert-OH is 1. The van der Waals surface area contributed by atoms with Crippen LogP contribution in [-0.2, 0) is 0 Å². The standard InChI is InChI=1S/C18H22N4O2/c1-11(2)18(24)17-16(14-7-5-6-10-21(14)20-17)13-8-9-15(23)22(19-13)12(3)4/h5-12,18,24H,1-4H3. The van der Waals surface area contributed by atoms with Crippen LogP contribution >= 0.6 is 0 Å². The summed E-state index contributed by atoms with van der Waals surface area (Å²) in [5, 5.41) is 19.7. The van der Waals surface area contributed by atoms with E-state index in [1.165, 1.54) is 10.7 Å². The van der Waals surface area contributed by atoms with Crippen LogP contribution in [0.5, 0.6) is 0 Å². The van der Waals surface area contributed by atoms with Gasteiger partial charge in [-0.3, -0.25) is 4.79 Å². The molecule has 0 amide bonds. The van der Waals surface area contributed by atoms with Gasteiger partial charge in [-0.1, -0.05) is 19.9 Å². The summed E-state index contributed by atoms with van der Waals surface area (Å²) in [7, 11) is 0. The predicted molar refractivity (Wildman–Crippen MR) is 92.9 cm³/mol. The molecule has 3 aromatic rings. The molecule has 6 heteroatoms. The van der Waals surface area contributed by atoms with Crippen LogP contribution in [0.3, 0.4) is 0 Å². The first-order valence-electron chi connectivity index (χ1n) is 8.15. The van der Waals surface area contributed by atoms with E-state index >= 15 is 0 Å². The van der Waals surface area contributed by atoms with E-state index < -0.39 is 6.10 Å². The Hall–Kier alpha value is -2.47. The molecule has 0 fully saturated rings. The van der Waals surface area contributed by atoms with Gasteiger partial charge in [-0.2, -0.15) is 10.2 Å². The van der Waals surface area contributed by atoms with Crippen molar-refractivity contribution in [3.63, 3.8) is 0 Å². The number of fused-ring (bicyclic) bond motifs is 1. The van der Waals surface area contributed by atoms with Gasteiger partial charge < -0.3 is 5.11 Å². The zero-order chi connectivity index (χ0) is 17.4. The van der Waals surface area contributed by atoms with E-state index in [4.69, 9.17) is 0 Å². The third-order valence-electron chi connectivity index (χ3n) is 4.05. The van der Waals surface area contributed by atoms with Gasteiger partial charge in [-0.15, -0.1) is 0 Å². The van der Waals surface area contributed by atoms with E-state index in [1.807, 2.05) is 52.1 Å². The van der Waals surface area contributed by atoms with Crippen molar-refractivity contribution in [3.05, 3.63) is 52.6 Å². The molecular formula is C18H22N4O2. The molecular weight excluding hydrogens is 304 g/mol. The molecule has 6 nitrogen and oxygen atoms in total. The SMILES string of the molecule is CC(C)C(O)c1nn2ccccc2c1-c1ccc(=O)n(C(C)C)n1. The summed E-state index contributed by atoms with van der Waals surface area (Å²) in [6.45, 7) is 7.72. The maximum absolute atomic E-state index is 12.0. The molecule has 0 aliphatic heterocycles. The first kappa shape index (κ1) is 16.4. The van der Waals surface area contributed by atoms with Gasteiger partial charge in [0.05, 0.1) is 22.8 Å². The van der Waals surface area contributed by atoms with Crippen LogP contribution in [0.1, 0.15) is 45.5 Å². The van der Waals surface area contributed by atoms with Crippen molar-refractivity contribution in [2.45, 2.75) is 39.8 Å². The third-order valence-corrected chi connectivity index (χ3v) is 4.05. The molecule has 0 spiro atoms. The second-order valence-electron chi connectivity index (χ2n) is 6.57. The molecule has 126 valence electrons. The number of rotatable bonds is 4. The molecule has 0 bridgehead atoms. The lowest BCUT2D eigenvalue weighted by Gasteiger charge is -2.15. The summed E-state index contributed by atoms with van der Waals surface area (Å²) < 4.78 is 3.19. The van der Waals surface area contributed by atoms with E-state index in [0.717, 1.165) is 11.1 Å². The van der Waals surface area contributed by atoms with Crippen LogP contribution in [0.15, 0.2) is 41.3 Å². The van der Waals surface area contributed by atoms with Crippen LogP contribution < -0.4 is 5.56 Å². The highest BCUT2D eigenvalue weighted by Gasteiger charge is 2.24. The first-order valence-corrected chi connectivity index (χ1v) is 8.15. The molecule has 0 aromatic carbocycles. The number of hydrogen-bond acceptors (Lipinski definition) is 4. The Balaban J connectivity index is 2.30. The van der Waals surface area contributed by atoms with Gasteiger partial charge >= 0.3 is 0 Å². The molecule has 3 heterocycles. The largest absolute Gasteiger partial charge is 0.386 e. The van der Waals surface area contributed by atoms with Crippen molar-refractivity contribution in [1.82, 2.24) is 19.4 Å². The van der Waals surface area contributed by atoms with Crippen LogP contribution in [-0.4, -0.2) is 24.5 Å². The second-order valence-corrected chi connectivity index (χ2v) is 6.57. The molecule has 0 saturated carbocycles. The lowest BCUT2D eigenvalue weighted by Crippen LogP contribution is -2.24. The quantitative estimate of drug-likeness (QED) is 0.800. The molecule has 0 aliphatic rings. The van der Waals surface area contributed by atoms with E-state index in [-0.39, 0.29) is 17.5 Å². The highest BCUT2D eigenvalue weighted by molar-refractivity contribution is 5.80. The van der Waals surface area contributed by atoms with Gasteiger partial charge in [0.1, 0.15) is 11.8 Å². The Morgan fingerprint density at radius 2 is 1.79 bits per heavy atom. The van der Waals surface area contributed by atoms with Crippen LogP contribution in [0.25, 0.3) is 16.8 Å². The molecule has 1 unspecified atom stereocenters. The van der Waals surface area contributed by atoms with Gasteiger partial charge in [0.25, 0.3) is 5.56 Å². The smallest absolute Gasteiger partial charge is 0.267 e. The van der Waals surface area contributed by atoms with E-state index in [2.05, 4.69) is 10.2 Å². The minimum absolute atomic E-state index is 0.0182.